The first-order valence-corrected chi connectivity index (χ1v) is 10.5. The number of methoxy groups -OCH3 is 2. The Morgan fingerprint density at radius 1 is 1.14 bits per heavy atom. The third-order valence-electron chi connectivity index (χ3n) is 4.14. The van der Waals surface area contributed by atoms with Crippen LogP contribution in [0, 0.1) is 0 Å². The van der Waals surface area contributed by atoms with Crippen LogP contribution >= 0.6 is 23.1 Å². The second-order valence-corrected chi connectivity index (χ2v) is 7.80. The number of ether oxygens (including phenoxy) is 2. The van der Waals surface area contributed by atoms with E-state index >= 15 is 0 Å². The maximum atomic E-state index is 12.5. The first-order valence-electron chi connectivity index (χ1n) is 8.48. The number of amides is 1. The molecular weight excluding hydrogens is 396 g/mol. The lowest BCUT2D eigenvalue weighted by atomic mass is 10.1. The van der Waals surface area contributed by atoms with E-state index in [2.05, 4.69) is 4.99 Å². The van der Waals surface area contributed by atoms with Crippen molar-refractivity contribution in [2.45, 2.75) is 17.9 Å². The number of esters is 1. The zero-order valence-corrected chi connectivity index (χ0v) is 17.4. The maximum Gasteiger partial charge on any atom is 0.325 e. The lowest BCUT2D eigenvalue weighted by Crippen LogP contribution is -2.22. The Morgan fingerprint density at radius 3 is 2.54 bits per heavy atom. The van der Waals surface area contributed by atoms with Gasteiger partial charge in [0.05, 0.1) is 30.9 Å². The summed E-state index contributed by atoms with van der Waals surface area (Å²) in [6, 6.07) is 13.2. The number of hydrogen-bond donors (Lipinski definition) is 0. The molecule has 0 saturated carbocycles. The predicted octanol–water partition coefficient (Wildman–Crippen LogP) is 3.28. The van der Waals surface area contributed by atoms with Gasteiger partial charge in [0.2, 0.25) is 0 Å². The van der Waals surface area contributed by atoms with Crippen molar-refractivity contribution in [1.82, 2.24) is 4.57 Å². The van der Waals surface area contributed by atoms with Crippen LogP contribution in [0.4, 0.5) is 0 Å². The molecule has 28 heavy (non-hydrogen) atoms. The standard InChI is InChI=1S/C20H20N2O4S2/c1-25-14-6-4-13(5-7-14)10-18(23)21-20-22(12-19(24)26-2)16-9-8-15(27-3)11-17(16)28-20/h4-9,11H,10,12H2,1-3H3. The molecule has 1 heterocycles. The molecule has 0 bridgehead atoms. The molecule has 3 rings (SSSR count). The molecule has 6 nitrogen and oxygen atoms in total. The lowest BCUT2D eigenvalue weighted by molar-refractivity contribution is -0.141. The molecule has 8 heteroatoms. The topological polar surface area (TPSA) is 69.9 Å². The van der Waals surface area contributed by atoms with E-state index in [-0.39, 0.29) is 18.9 Å². The van der Waals surface area contributed by atoms with E-state index in [1.54, 1.807) is 23.4 Å². The Labute approximate surface area is 170 Å². The minimum absolute atomic E-state index is 0.00373. The van der Waals surface area contributed by atoms with Crippen LogP contribution in [0.2, 0.25) is 0 Å². The normalized spacial score (nSPS) is 11.6. The van der Waals surface area contributed by atoms with Gasteiger partial charge in [-0.3, -0.25) is 9.59 Å². The number of nitrogens with zero attached hydrogens (tertiary/aromatic N) is 2. The van der Waals surface area contributed by atoms with E-state index < -0.39 is 5.97 Å². The summed E-state index contributed by atoms with van der Waals surface area (Å²) in [6.07, 6.45) is 2.17. The van der Waals surface area contributed by atoms with Crippen LogP contribution in [0.15, 0.2) is 52.4 Å². The highest BCUT2D eigenvalue weighted by Gasteiger charge is 2.12. The van der Waals surface area contributed by atoms with Crippen molar-refractivity contribution in [3.8, 4) is 5.75 Å². The van der Waals surface area contributed by atoms with E-state index in [1.807, 2.05) is 48.7 Å². The quantitative estimate of drug-likeness (QED) is 0.456. The molecule has 0 radical (unpaired) electrons. The van der Waals surface area contributed by atoms with Crippen LogP contribution in [0.25, 0.3) is 10.2 Å². The fourth-order valence-electron chi connectivity index (χ4n) is 2.68. The van der Waals surface area contributed by atoms with Crippen LogP contribution in [0.5, 0.6) is 5.75 Å². The molecule has 0 aliphatic rings. The fourth-order valence-corrected chi connectivity index (χ4v) is 4.28. The van der Waals surface area contributed by atoms with Gasteiger partial charge in [-0.15, -0.1) is 11.8 Å². The SMILES string of the molecule is COC(=O)Cn1c(=NC(=O)Cc2ccc(OC)cc2)sc2cc(SC)ccc21. The first kappa shape index (κ1) is 20.2. The van der Waals surface area contributed by atoms with Crippen LogP contribution in [-0.2, 0) is 27.3 Å². The van der Waals surface area contributed by atoms with Crippen molar-refractivity contribution in [2.75, 3.05) is 20.5 Å². The highest BCUT2D eigenvalue weighted by molar-refractivity contribution is 7.98. The minimum atomic E-state index is -0.391. The predicted molar refractivity (Wildman–Crippen MR) is 111 cm³/mol. The van der Waals surface area contributed by atoms with Gasteiger partial charge < -0.3 is 14.0 Å². The maximum absolute atomic E-state index is 12.5. The van der Waals surface area contributed by atoms with E-state index in [1.165, 1.54) is 18.4 Å². The zero-order valence-electron chi connectivity index (χ0n) is 15.8. The fraction of sp³-hybridized carbons (Fsp3) is 0.250. The van der Waals surface area contributed by atoms with Crippen molar-refractivity contribution in [2.24, 2.45) is 4.99 Å². The van der Waals surface area contributed by atoms with Gasteiger partial charge in [-0.05, 0) is 42.2 Å². The molecular formula is C20H20N2O4S2. The first-order chi connectivity index (χ1) is 13.5. The summed E-state index contributed by atoms with van der Waals surface area (Å²) < 4.78 is 12.6. The average molecular weight is 417 g/mol. The van der Waals surface area contributed by atoms with Crippen molar-refractivity contribution in [3.63, 3.8) is 0 Å². The molecule has 0 aliphatic heterocycles. The van der Waals surface area contributed by atoms with Crippen LogP contribution in [0.3, 0.4) is 0 Å². The second-order valence-electron chi connectivity index (χ2n) is 5.91. The zero-order chi connectivity index (χ0) is 20.1. The summed E-state index contributed by atoms with van der Waals surface area (Å²) in [7, 11) is 2.94. The van der Waals surface area contributed by atoms with Crippen molar-refractivity contribution < 1.29 is 19.1 Å². The highest BCUT2D eigenvalue weighted by Crippen LogP contribution is 2.24. The van der Waals surface area contributed by atoms with E-state index in [9.17, 15) is 9.59 Å². The third kappa shape index (κ3) is 4.63. The molecule has 0 unspecified atom stereocenters. The molecule has 0 aliphatic carbocycles. The number of carbonyl (C=O) groups excluding carboxylic acids is 2. The van der Waals surface area contributed by atoms with Crippen LogP contribution < -0.4 is 9.54 Å². The molecule has 0 saturated heterocycles. The Hall–Kier alpha value is -2.58. The Bertz CT molecular complexity index is 1070. The molecule has 1 aromatic heterocycles. The highest BCUT2D eigenvalue weighted by atomic mass is 32.2. The van der Waals surface area contributed by atoms with Crippen molar-refractivity contribution in [3.05, 3.63) is 52.8 Å². The molecule has 0 spiro atoms. The van der Waals surface area contributed by atoms with Crippen LogP contribution in [0.1, 0.15) is 5.56 Å². The van der Waals surface area contributed by atoms with E-state index in [0.29, 0.717) is 4.80 Å². The molecule has 0 fully saturated rings. The summed E-state index contributed by atoms with van der Waals surface area (Å²) >= 11 is 3.02. The Balaban J connectivity index is 1.97. The largest absolute Gasteiger partial charge is 0.497 e. The number of carbonyl (C=O) groups is 2. The van der Waals surface area contributed by atoms with Crippen molar-refractivity contribution in [1.29, 1.82) is 0 Å². The average Bonchev–Trinajstić information content (AvgIpc) is 3.04. The van der Waals surface area contributed by atoms with Crippen LogP contribution in [-0.4, -0.2) is 36.9 Å². The number of rotatable bonds is 6. The monoisotopic (exact) mass is 416 g/mol. The molecule has 2 aromatic carbocycles. The Morgan fingerprint density at radius 2 is 1.89 bits per heavy atom. The molecule has 0 N–H and O–H groups in total. The van der Waals surface area contributed by atoms with E-state index in [0.717, 1.165) is 26.4 Å². The number of aromatic nitrogens is 1. The number of fused-ring (bicyclic) bond motifs is 1. The second kappa shape index (κ2) is 9.07. The molecule has 3 aromatic rings. The van der Waals surface area contributed by atoms with Gasteiger partial charge in [-0.1, -0.05) is 23.5 Å². The summed E-state index contributed by atoms with van der Waals surface area (Å²) in [5.74, 6) is 0.0660. The van der Waals surface area contributed by atoms with Gasteiger partial charge in [0, 0.05) is 4.90 Å². The third-order valence-corrected chi connectivity index (χ3v) is 5.91. The summed E-state index contributed by atoms with van der Waals surface area (Å²) in [5, 5.41) is 0. The van der Waals surface area contributed by atoms with Gasteiger partial charge in [-0.2, -0.15) is 4.99 Å². The smallest absolute Gasteiger partial charge is 0.325 e. The lowest BCUT2D eigenvalue weighted by Gasteiger charge is -2.04. The minimum Gasteiger partial charge on any atom is -0.497 e. The Kier molecular flexibility index (Phi) is 6.53. The summed E-state index contributed by atoms with van der Waals surface area (Å²) in [6.45, 7) is 0.00373. The van der Waals surface area contributed by atoms with E-state index in [4.69, 9.17) is 9.47 Å². The molecule has 146 valence electrons. The summed E-state index contributed by atoms with van der Waals surface area (Å²) in [5.41, 5.74) is 1.70. The van der Waals surface area contributed by atoms with Gasteiger partial charge in [0.15, 0.2) is 4.80 Å². The van der Waals surface area contributed by atoms with Crippen molar-refractivity contribution >= 4 is 45.2 Å². The number of hydrogen-bond acceptors (Lipinski definition) is 6. The summed E-state index contributed by atoms with van der Waals surface area (Å²) in [4.78, 5) is 30.2. The number of thioether (sulfide) groups is 1. The van der Waals surface area contributed by atoms with Gasteiger partial charge >= 0.3 is 5.97 Å². The number of thiazole rings is 1. The molecule has 0 atom stereocenters. The van der Waals surface area contributed by atoms with Gasteiger partial charge in [-0.25, -0.2) is 0 Å². The number of benzene rings is 2. The molecule has 1 amide bonds. The van der Waals surface area contributed by atoms with Gasteiger partial charge in [0.1, 0.15) is 12.3 Å². The van der Waals surface area contributed by atoms with Gasteiger partial charge in [0.25, 0.3) is 5.91 Å².